The summed E-state index contributed by atoms with van der Waals surface area (Å²) in [7, 11) is 3.21. The van der Waals surface area contributed by atoms with E-state index in [0.717, 1.165) is 13.0 Å². The van der Waals surface area contributed by atoms with Crippen molar-refractivity contribution in [1.82, 2.24) is 25.3 Å². The highest BCUT2D eigenvalue weighted by Gasteiger charge is 2.38. The molecule has 2 aliphatic rings. The van der Waals surface area contributed by atoms with Crippen molar-refractivity contribution in [3.05, 3.63) is 41.1 Å². The molecule has 0 bridgehead atoms. The molecule has 2 heterocycles. The minimum Gasteiger partial charge on any atom is -0.496 e. The van der Waals surface area contributed by atoms with Crippen molar-refractivity contribution >= 4 is 18.0 Å². The number of nitrogens with zero attached hydrogens (tertiary/aromatic N) is 3. The number of nitrogens with one attached hydrogen (secondary N) is 2. The van der Waals surface area contributed by atoms with Crippen LogP contribution in [-0.2, 0) is 9.53 Å². The van der Waals surface area contributed by atoms with Gasteiger partial charge in [0.1, 0.15) is 5.75 Å². The highest BCUT2D eigenvalue weighted by Crippen LogP contribution is 2.35. The molecular weight excluding hydrogens is 450 g/mol. The van der Waals surface area contributed by atoms with Gasteiger partial charge in [-0.05, 0) is 33.3 Å². The Kier molecular flexibility index (Phi) is 8.97. The van der Waals surface area contributed by atoms with Crippen LogP contribution in [0.3, 0.4) is 0 Å². The largest absolute Gasteiger partial charge is 0.496 e. The molecule has 1 atom stereocenters. The third kappa shape index (κ3) is 6.25. The summed E-state index contributed by atoms with van der Waals surface area (Å²) in [4.78, 5) is 44.1. The molecule has 0 unspecified atom stereocenters. The van der Waals surface area contributed by atoms with Crippen LogP contribution in [0, 0.1) is 0 Å². The van der Waals surface area contributed by atoms with Gasteiger partial charge in [0.2, 0.25) is 0 Å². The lowest BCUT2D eigenvalue weighted by atomic mass is 9.93. The fourth-order valence-corrected chi connectivity index (χ4v) is 4.42. The first-order valence-corrected chi connectivity index (χ1v) is 12.1. The summed E-state index contributed by atoms with van der Waals surface area (Å²) in [5, 5.41) is 5.88. The van der Waals surface area contributed by atoms with E-state index in [4.69, 9.17) is 9.47 Å². The maximum atomic E-state index is 13.2. The van der Waals surface area contributed by atoms with Gasteiger partial charge in [-0.15, -0.1) is 0 Å². The molecule has 1 aromatic carbocycles. The summed E-state index contributed by atoms with van der Waals surface area (Å²) in [5.41, 5.74) is 1.66. The Morgan fingerprint density at radius 2 is 1.91 bits per heavy atom. The van der Waals surface area contributed by atoms with Gasteiger partial charge in [0.25, 0.3) is 0 Å². The molecule has 0 saturated carbocycles. The number of hydrogen-bond acceptors (Lipinski definition) is 6. The number of carbonyl (C=O) groups excluding carboxylic acids is 3. The van der Waals surface area contributed by atoms with E-state index in [-0.39, 0.29) is 24.7 Å². The van der Waals surface area contributed by atoms with Gasteiger partial charge in [0, 0.05) is 57.1 Å². The molecule has 1 fully saturated rings. The zero-order chi connectivity index (χ0) is 25.5. The maximum absolute atomic E-state index is 13.2. The number of amides is 4. The summed E-state index contributed by atoms with van der Waals surface area (Å²) in [6.45, 7) is 8.80. The van der Waals surface area contributed by atoms with Crippen molar-refractivity contribution < 1.29 is 23.9 Å². The molecule has 35 heavy (non-hydrogen) atoms. The molecule has 0 aromatic heterocycles. The number of rotatable bonds is 7. The van der Waals surface area contributed by atoms with E-state index in [2.05, 4.69) is 15.5 Å². The van der Waals surface area contributed by atoms with Gasteiger partial charge in [0.15, 0.2) is 0 Å². The number of para-hydroxylation sites is 1. The van der Waals surface area contributed by atoms with Crippen molar-refractivity contribution in [1.29, 1.82) is 0 Å². The van der Waals surface area contributed by atoms with Crippen LogP contribution in [0.1, 0.15) is 38.8 Å². The molecule has 10 heteroatoms. The summed E-state index contributed by atoms with van der Waals surface area (Å²) in [6.07, 6.45) is 0.791. The standard InChI is InChI=1S/C25H37N5O5/c1-6-35-23(31)21-19(16-29-12-9-13-30(15-14-29)25(33)26-17(2)3)28(4)24(32)27-22(21)18-10-7-8-11-20(18)34-5/h7-8,10-11,17,22H,6,9,12-16H2,1-5H3,(H,26,33)(H,27,32)/t22-/m1/s1. The van der Waals surface area contributed by atoms with Crippen LogP contribution in [0.2, 0.25) is 0 Å². The lowest BCUT2D eigenvalue weighted by Gasteiger charge is -2.37. The van der Waals surface area contributed by atoms with Gasteiger partial charge in [-0.3, -0.25) is 9.80 Å². The van der Waals surface area contributed by atoms with E-state index in [1.165, 1.54) is 4.90 Å². The van der Waals surface area contributed by atoms with Crippen LogP contribution in [-0.4, -0.2) is 92.3 Å². The average molecular weight is 488 g/mol. The van der Waals surface area contributed by atoms with E-state index in [0.29, 0.717) is 48.8 Å². The summed E-state index contributed by atoms with van der Waals surface area (Å²) < 4.78 is 10.9. The molecule has 0 aliphatic carbocycles. The lowest BCUT2D eigenvalue weighted by Crippen LogP contribution is -2.49. The van der Waals surface area contributed by atoms with E-state index < -0.39 is 12.0 Å². The third-order valence-corrected chi connectivity index (χ3v) is 6.18. The maximum Gasteiger partial charge on any atom is 0.338 e. The Bertz CT molecular complexity index is 963. The van der Waals surface area contributed by atoms with Gasteiger partial charge in [0.05, 0.1) is 25.3 Å². The van der Waals surface area contributed by atoms with Crippen molar-refractivity contribution in [2.24, 2.45) is 0 Å². The zero-order valence-electron chi connectivity index (χ0n) is 21.3. The second-order valence-corrected chi connectivity index (χ2v) is 8.99. The number of urea groups is 2. The SMILES string of the molecule is CCOC(=O)C1=C(CN2CCCN(C(=O)NC(C)C)CC2)N(C)C(=O)N[C@@H]1c1ccccc1OC. The number of hydrogen-bond donors (Lipinski definition) is 2. The monoisotopic (exact) mass is 487 g/mol. The Hall–Kier alpha value is -3.27. The number of benzene rings is 1. The highest BCUT2D eigenvalue weighted by molar-refractivity contribution is 5.95. The van der Waals surface area contributed by atoms with Gasteiger partial charge in [-0.2, -0.15) is 0 Å². The van der Waals surface area contributed by atoms with Crippen molar-refractivity contribution in [2.45, 2.75) is 39.3 Å². The molecule has 0 spiro atoms. The van der Waals surface area contributed by atoms with Gasteiger partial charge in [-0.1, -0.05) is 18.2 Å². The Morgan fingerprint density at radius 3 is 2.60 bits per heavy atom. The van der Waals surface area contributed by atoms with E-state index in [1.807, 2.05) is 36.9 Å². The third-order valence-electron chi connectivity index (χ3n) is 6.18. The smallest absolute Gasteiger partial charge is 0.338 e. The molecule has 2 N–H and O–H groups in total. The van der Waals surface area contributed by atoms with Crippen LogP contribution in [0.25, 0.3) is 0 Å². The van der Waals surface area contributed by atoms with E-state index in [1.54, 1.807) is 27.1 Å². The fraction of sp³-hybridized carbons (Fsp3) is 0.560. The first-order valence-electron chi connectivity index (χ1n) is 12.1. The average Bonchev–Trinajstić information content (AvgIpc) is 3.07. The van der Waals surface area contributed by atoms with Gasteiger partial charge >= 0.3 is 18.0 Å². The Morgan fingerprint density at radius 1 is 1.17 bits per heavy atom. The first kappa shape index (κ1) is 26.3. The molecule has 1 saturated heterocycles. The number of methoxy groups -OCH3 is 1. The lowest BCUT2D eigenvalue weighted by molar-refractivity contribution is -0.139. The summed E-state index contributed by atoms with van der Waals surface area (Å²) in [5.74, 6) is 0.100. The minimum atomic E-state index is -0.704. The van der Waals surface area contributed by atoms with Gasteiger partial charge < -0.3 is 25.0 Å². The second kappa shape index (κ2) is 11.9. The molecule has 192 valence electrons. The fourth-order valence-electron chi connectivity index (χ4n) is 4.42. The van der Waals surface area contributed by atoms with Gasteiger partial charge in [-0.25, -0.2) is 14.4 Å². The normalized spacial score (nSPS) is 19.4. The Balaban J connectivity index is 1.93. The van der Waals surface area contributed by atoms with Crippen LogP contribution >= 0.6 is 0 Å². The predicted molar refractivity (Wildman–Crippen MR) is 132 cm³/mol. The molecule has 1 aromatic rings. The van der Waals surface area contributed by atoms with Crippen LogP contribution in [0.5, 0.6) is 5.75 Å². The number of carbonyl (C=O) groups is 3. The van der Waals surface area contributed by atoms with Crippen LogP contribution < -0.4 is 15.4 Å². The Labute approximate surface area is 207 Å². The molecule has 0 radical (unpaired) electrons. The zero-order valence-corrected chi connectivity index (χ0v) is 21.3. The number of likely N-dealkylation sites (N-methyl/N-ethyl adjacent to an activating group) is 1. The molecule has 2 aliphatic heterocycles. The first-order chi connectivity index (χ1) is 16.8. The minimum absolute atomic E-state index is 0.0699. The van der Waals surface area contributed by atoms with Crippen molar-refractivity contribution in [2.75, 3.05) is 53.5 Å². The van der Waals surface area contributed by atoms with E-state index >= 15 is 0 Å². The van der Waals surface area contributed by atoms with E-state index in [9.17, 15) is 14.4 Å². The number of esters is 1. The molecule has 4 amide bonds. The quantitative estimate of drug-likeness (QED) is 0.573. The van der Waals surface area contributed by atoms with Crippen molar-refractivity contribution in [3.63, 3.8) is 0 Å². The molecule has 3 rings (SSSR count). The van der Waals surface area contributed by atoms with Crippen molar-refractivity contribution in [3.8, 4) is 5.75 Å². The molecular formula is C25H37N5O5. The highest BCUT2D eigenvalue weighted by atomic mass is 16.5. The summed E-state index contributed by atoms with van der Waals surface area (Å²) >= 11 is 0. The predicted octanol–water partition coefficient (Wildman–Crippen LogP) is 2.33. The van der Waals surface area contributed by atoms with Crippen LogP contribution in [0.4, 0.5) is 9.59 Å². The second-order valence-electron chi connectivity index (χ2n) is 8.99. The topological polar surface area (TPSA) is 103 Å². The summed E-state index contributed by atoms with van der Waals surface area (Å²) in [6, 6.07) is 6.31. The van der Waals surface area contributed by atoms with Crippen LogP contribution in [0.15, 0.2) is 35.5 Å². The number of ether oxygens (including phenoxy) is 2. The molecule has 10 nitrogen and oxygen atoms in total.